The van der Waals surface area contributed by atoms with E-state index in [1.54, 1.807) is 18.2 Å². The summed E-state index contributed by atoms with van der Waals surface area (Å²) in [7, 11) is 1.52. The summed E-state index contributed by atoms with van der Waals surface area (Å²) in [5.74, 6) is 0.702. The summed E-state index contributed by atoms with van der Waals surface area (Å²) in [5.41, 5.74) is 5.61. The summed E-state index contributed by atoms with van der Waals surface area (Å²) in [6.07, 6.45) is 1.40. The van der Waals surface area contributed by atoms with Crippen molar-refractivity contribution in [3.8, 4) is 17.6 Å². The van der Waals surface area contributed by atoms with Crippen LogP contribution in [-0.4, -0.2) is 19.6 Å². The summed E-state index contributed by atoms with van der Waals surface area (Å²) in [6, 6.07) is 5.18. The number of benzene rings is 1. The predicted molar refractivity (Wildman–Crippen MR) is 83.8 cm³/mol. The van der Waals surface area contributed by atoms with Crippen LogP contribution in [0.15, 0.2) is 22.2 Å². The van der Waals surface area contributed by atoms with Gasteiger partial charge >= 0.3 is 0 Å². The molecule has 0 heterocycles. The quantitative estimate of drug-likeness (QED) is 0.629. The lowest BCUT2D eigenvalue weighted by Gasteiger charge is -2.15. The molecule has 0 saturated carbocycles. The number of carbonyl (C=O) groups excluding carboxylic acids is 1. The molecule has 0 spiro atoms. The Morgan fingerprint density at radius 1 is 1.52 bits per heavy atom. The molecule has 1 aromatic rings. The summed E-state index contributed by atoms with van der Waals surface area (Å²) < 4.78 is 11.7. The van der Waals surface area contributed by atoms with E-state index in [1.165, 1.54) is 13.2 Å². The lowest BCUT2D eigenvalue weighted by Crippen LogP contribution is -2.12. The van der Waals surface area contributed by atoms with Crippen molar-refractivity contribution in [3.63, 3.8) is 0 Å². The van der Waals surface area contributed by atoms with Crippen LogP contribution in [0.1, 0.15) is 19.4 Å². The first-order valence-corrected chi connectivity index (χ1v) is 7.10. The van der Waals surface area contributed by atoms with Crippen molar-refractivity contribution in [1.29, 1.82) is 5.26 Å². The molecule has 6 heteroatoms. The molecule has 0 atom stereocenters. The second kappa shape index (κ2) is 7.70. The van der Waals surface area contributed by atoms with Crippen molar-refractivity contribution in [2.24, 2.45) is 11.7 Å². The highest BCUT2D eigenvalue weighted by Crippen LogP contribution is 2.37. The Morgan fingerprint density at radius 2 is 2.19 bits per heavy atom. The summed E-state index contributed by atoms with van der Waals surface area (Å²) >= 11 is 3.40. The van der Waals surface area contributed by atoms with Crippen LogP contribution < -0.4 is 15.2 Å². The monoisotopic (exact) mass is 352 g/mol. The number of amides is 1. The maximum Gasteiger partial charge on any atom is 0.259 e. The van der Waals surface area contributed by atoms with Gasteiger partial charge in [0.1, 0.15) is 11.6 Å². The van der Waals surface area contributed by atoms with E-state index in [9.17, 15) is 4.79 Å². The zero-order chi connectivity index (χ0) is 16.0. The predicted octanol–water partition coefficient (Wildman–Crippen LogP) is 2.88. The van der Waals surface area contributed by atoms with Crippen LogP contribution in [0.5, 0.6) is 11.5 Å². The largest absolute Gasteiger partial charge is 0.493 e. The Labute approximate surface area is 132 Å². The molecule has 1 amide bonds. The van der Waals surface area contributed by atoms with Gasteiger partial charge in [-0.3, -0.25) is 4.79 Å². The highest BCUT2D eigenvalue weighted by atomic mass is 79.9. The Morgan fingerprint density at radius 3 is 2.67 bits per heavy atom. The molecule has 112 valence electrons. The van der Waals surface area contributed by atoms with E-state index >= 15 is 0 Å². The van der Waals surface area contributed by atoms with E-state index in [0.717, 1.165) is 0 Å². The third kappa shape index (κ3) is 4.80. The fourth-order valence-electron chi connectivity index (χ4n) is 1.54. The molecule has 21 heavy (non-hydrogen) atoms. The number of rotatable bonds is 6. The maximum atomic E-state index is 11.1. The van der Waals surface area contributed by atoms with E-state index in [2.05, 4.69) is 15.9 Å². The molecule has 5 nitrogen and oxygen atoms in total. The highest BCUT2D eigenvalue weighted by Gasteiger charge is 2.13. The Hall–Kier alpha value is -2.00. The smallest absolute Gasteiger partial charge is 0.259 e. The summed E-state index contributed by atoms with van der Waals surface area (Å²) in [5, 5.41) is 8.87. The maximum absolute atomic E-state index is 11.1. The first-order valence-electron chi connectivity index (χ1n) is 6.31. The van der Waals surface area contributed by atoms with Crippen LogP contribution in [0.4, 0.5) is 0 Å². The third-order valence-corrected chi connectivity index (χ3v) is 3.10. The molecule has 0 aliphatic rings. The molecule has 1 aromatic carbocycles. The van der Waals surface area contributed by atoms with Crippen LogP contribution in [0, 0.1) is 17.2 Å². The van der Waals surface area contributed by atoms with Crippen molar-refractivity contribution in [1.82, 2.24) is 0 Å². The van der Waals surface area contributed by atoms with Crippen LogP contribution in [0.2, 0.25) is 0 Å². The van der Waals surface area contributed by atoms with E-state index in [4.69, 9.17) is 20.5 Å². The van der Waals surface area contributed by atoms with Crippen molar-refractivity contribution >= 4 is 27.9 Å². The van der Waals surface area contributed by atoms with E-state index < -0.39 is 5.91 Å². The van der Waals surface area contributed by atoms with Gasteiger partial charge in [0.15, 0.2) is 11.5 Å². The van der Waals surface area contributed by atoms with Crippen LogP contribution in [-0.2, 0) is 4.79 Å². The van der Waals surface area contributed by atoms with Gasteiger partial charge in [0.2, 0.25) is 0 Å². The van der Waals surface area contributed by atoms with Crippen LogP contribution in [0.3, 0.4) is 0 Å². The van der Waals surface area contributed by atoms with Gasteiger partial charge in [0.05, 0.1) is 18.2 Å². The van der Waals surface area contributed by atoms with E-state index in [-0.39, 0.29) is 5.57 Å². The SMILES string of the molecule is COc1cc(/C=C(\C#N)C(N)=O)cc(Br)c1OCC(C)C. The lowest BCUT2D eigenvalue weighted by molar-refractivity contribution is -0.114. The average Bonchev–Trinajstić information content (AvgIpc) is 2.42. The van der Waals surface area contributed by atoms with E-state index in [0.29, 0.717) is 34.1 Å². The molecular weight excluding hydrogens is 336 g/mol. The van der Waals surface area contributed by atoms with Gasteiger partial charge in [-0.15, -0.1) is 0 Å². The minimum Gasteiger partial charge on any atom is -0.493 e. The van der Waals surface area contributed by atoms with Gasteiger partial charge in [-0.05, 0) is 45.6 Å². The second-order valence-electron chi connectivity index (χ2n) is 4.77. The minimum atomic E-state index is -0.771. The Kier molecular flexibility index (Phi) is 6.25. The fourth-order valence-corrected chi connectivity index (χ4v) is 2.11. The molecule has 0 fully saturated rings. The zero-order valence-electron chi connectivity index (χ0n) is 12.1. The van der Waals surface area contributed by atoms with Gasteiger partial charge in [0, 0.05) is 0 Å². The van der Waals surface area contributed by atoms with Crippen molar-refractivity contribution in [3.05, 3.63) is 27.7 Å². The summed E-state index contributed by atoms with van der Waals surface area (Å²) in [6.45, 7) is 4.64. The lowest BCUT2D eigenvalue weighted by atomic mass is 10.1. The molecule has 0 unspecified atom stereocenters. The van der Waals surface area contributed by atoms with Crippen molar-refractivity contribution < 1.29 is 14.3 Å². The molecule has 0 aromatic heterocycles. The number of hydrogen-bond donors (Lipinski definition) is 1. The van der Waals surface area contributed by atoms with Crippen LogP contribution >= 0.6 is 15.9 Å². The molecule has 0 aliphatic heterocycles. The Balaban J connectivity index is 3.21. The van der Waals surface area contributed by atoms with Gasteiger partial charge < -0.3 is 15.2 Å². The molecular formula is C15H17BrN2O3. The summed E-state index contributed by atoms with van der Waals surface area (Å²) in [4.78, 5) is 11.1. The topological polar surface area (TPSA) is 85.3 Å². The average molecular weight is 353 g/mol. The number of methoxy groups -OCH3 is 1. The van der Waals surface area contributed by atoms with Gasteiger partial charge in [0.25, 0.3) is 5.91 Å². The number of nitrogens with two attached hydrogens (primary N) is 1. The molecule has 1 rings (SSSR count). The van der Waals surface area contributed by atoms with Gasteiger partial charge in [-0.1, -0.05) is 13.8 Å². The molecule has 0 bridgehead atoms. The van der Waals surface area contributed by atoms with Gasteiger partial charge in [-0.25, -0.2) is 0 Å². The first-order chi connectivity index (χ1) is 9.88. The highest BCUT2D eigenvalue weighted by molar-refractivity contribution is 9.10. The number of nitrogens with zero attached hydrogens (tertiary/aromatic N) is 1. The molecule has 2 N–H and O–H groups in total. The second-order valence-corrected chi connectivity index (χ2v) is 5.63. The first kappa shape index (κ1) is 17.1. The molecule has 0 aliphatic carbocycles. The zero-order valence-corrected chi connectivity index (χ0v) is 13.7. The third-order valence-electron chi connectivity index (χ3n) is 2.51. The molecule has 0 radical (unpaired) electrons. The van der Waals surface area contributed by atoms with E-state index in [1.807, 2.05) is 13.8 Å². The molecule has 0 saturated heterocycles. The van der Waals surface area contributed by atoms with Crippen molar-refractivity contribution in [2.75, 3.05) is 13.7 Å². The van der Waals surface area contributed by atoms with Crippen LogP contribution in [0.25, 0.3) is 6.08 Å². The Bertz CT molecular complexity index is 604. The van der Waals surface area contributed by atoms with Gasteiger partial charge in [-0.2, -0.15) is 5.26 Å². The number of hydrogen-bond acceptors (Lipinski definition) is 4. The number of carbonyl (C=O) groups is 1. The number of primary amides is 1. The van der Waals surface area contributed by atoms with Crippen molar-refractivity contribution in [2.45, 2.75) is 13.8 Å². The normalized spacial score (nSPS) is 11.1. The number of halogens is 1. The number of nitriles is 1. The number of ether oxygens (including phenoxy) is 2. The minimum absolute atomic E-state index is 0.125. The standard InChI is InChI=1S/C15H17BrN2O3/c1-9(2)8-21-14-12(16)5-10(6-13(14)20-3)4-11(7-17)15(18)19/h4-6,9H,8H2,1-3H3,(H2,18,19)/b11-4+. The fraction of sp³-hybridized carbons (Fsp3) is 0.333.